The number of thioether (sulfide) groups is 1. The van der Waals surface area contributed by atoms with Gasteiger partial charge in [0.2, 0.25) is 5.89 Å². The summed E-state index contributed by atoms with van der Waals surface area (Å²) in [4.78, 5) is 4.45. The second kappa shape index (κ2) is 6.88. The van der Waals surface area contributed by atoms with Crippen molar-refractivity contribution in [3.05, 3.63) is 41.8 Å². The summed E-state index contributed by atoms with van der Waals surface area (Å²) in [6.45, 7) is 6.51. The highest BCUT2D eigenvalue weighted by Gasteiger charge is 2.28. The van der Waals surface area contributed by atoms with Gasteiger partial charge in [-0.15, -0.1) is 10.2 Å². The van der Waals surface area contributed by atoms with E-state index in [1.807, 2.05) is 56.7 Å². The molecule has 0 saturated heterocycles. The summed E-state index contributed by atoms with van der Waals surface area (Å²) < 4.78 is 19.0. The predicted octanol–water partition coefficient (Wildman–Crippen LogP) is 3.30. The lowest BCUT2D eigenvalue weighted by atomic mass is 9.97. The van der Waals surface area contributed by atoms with Crippen molar-refractivity contribution >= 4 is 11.8 Å². The van der Waals surface area contributed by atoms with Gasteiger partial charge in [-0.3, -0.25) is 0 Å². The van der Waals surface area contributed by atoms with Crippen LogP contribution in [0.4, 0.5) is 0 Å². The number of rotatable bonds is 4. The molecular weight excluding hydrogens is 366 g/mol. The molecule has 3 heterocycles. The highest BCUT2D eigenvalue weighted by molar-refractivity contribution is 7.98. The molecule has 0 fully saturated rings. The molecular formula is C18H21N5O3S. The third-order valence-electron chi connectivity index (χ3n) is 4.11. The molecule has 0 spiro atoms. The van der Waals surface area contributed by atoms with Gasteiger partial charge in [0.15, 0.2) is 34.4 Å². The number of ether oxygens (including phenoxy) is 2. The Labute approximate surface area is 161 Å². The molecule has 0 bridgehead atoms. The number of fused-ring (bicyclic) bond motifs is 1. The molecule has 1 aliphatic rings. The van der Waals surface area contributed by atoms with Gasteiger partial charge in [-0.2, -0.15) is 4.98 Å². The fourth-order valence-electron chi connectivity index (χ4n) is 2.63. The number of benzene rings is 1. The highest BCUT2D eigenvalue weighted by atomic mass is 32.2. The molecule has 1 aromatic carbocycles. The Kier molecular flexibility index (Phi) is 4.55. The van der Waals surface area contributed by atoms with Gasteiger partial charge in [0, 0.05) is 12.5 Å². The first-order valence-electron chi connectivity index (χ1n) is 8.65. The van der Waals surface area contributed by atoms with Crippen molar-refractivity contribution in [3.63, 3.8) is 0 Å². The van der Waals surface area contributed by atoms with Crippen LogP contribution in [0, 0.1) is 0 Å². The smallest absolute Gasteiger partial charge is 0.232 e. The van der Waals surface area contributed by atoms with Crippen LogP contribution in [0.5, 0.6) is 11.5 Å². The first kappa shape index (κ1) is 17.8. The maximum Gasteiger partial charge on any atom is 0.232 e. The molecule has 0 radical (unpaired) electrons. The lowest BCUT2D eigenvalue weighted by molar-refractivity contribution is 0.0825. The number of para-hydroxylation sites is 2. The standard InChI is InChI=1S/C18H21N5O3S/c1-18(2,3)16-19-14(22-26-16)10-27-17-21-20-15(23(17)4)13-9-24-11-7-5-6-8-12(11)25-13/h5-8,13H,9-10H2,1-4H3. The highest BCUT2D eigenvalue weighted by Crippen LogP contribution is 2.36. The van der Waals surface area contributed by atoms with E-state index in [9.17, 15) is 0 Å². The van der Waals surface area contributed by atoms with Crippen molar-refractivity contribution in [3.8, 4) is 11.5 Å². The zero-order valence-corrected chi connectivity index (χ0v) is 16.5. The average molecular weight is 387 g/mol. The van der Waals surface area contributed by atoms with Gasteiger partial charge in [0.1, 0.15) is 6.61 Å². The summed E-state index contributed by atoms with van der Waals surface area (Å²) in [5.41, 5.74) is -0.164. The SMILES string of the molecule is Cn1c(SCc2noc(C(C)(C)C)n2)nnc1C1COc2ccccc2O1. The number of aromatic nitrogens is 5. The Morgan fingerprint density at radius 3 is 2.70 bits per heavy atom. The van der Waals surface area contributed by atoms with Gasteiger partial charge in [-0.1, -0.05) is 49.8 Å². The van der Waals surface area contributed by atoms with Crippen molar-refractivity contribution < 1.29 is 14.0 Å². The van der Waals surface area contributed by atoms with E-state index in [0.29, 0.717) is 29.8 Å². The fraction of sp³-hybridized carbons (Fsp3) is 0.444. The summed E-state index contributed by atoms with van der Waals surface area (Å²) in [5.74, 6) is 4.00. The quantitative estimate of drug-likeness (QED) is 0.630. The zero-order chi connectivity index (χ0) is 19.0. The van der Waals surface area contributed by atoms with Crippen LogP contribution in [0.2, 0.25) is 0 Å². The Balaban J connectivity index is 1.44. The lowest BCUT2D eigenvalue weighted by Crippen LogP contribution is -2.24. The van der Waals surface area contributed by atoms with Crippen LogP contribution in [0.1, 0.15) is 44.4 Å². The molecule has 0 N–H and O–H groups in total. The molecule has 142 valence electrons. The van der Waals surface area contributed by atoms with Gasteiger partial charge in [-0.25, -0.2) is 0 Å². The van der Waals surface area contributed by atoms with Crippen LogP contribution in [0.3, 0.4) is 0 Å². The molecule has 1 atom stereocenters. The first-order valence-corrected chi connectivity index (χ1v) is 9.64. The normalized spacial score (nSPS) is 16.5. The minimum atomic E-state index is -0.301. The van der Waals surface area contributed by atoms with Crippen LogP contribution in [-0.2, 0) is 18.2 Å². The molecule has 0 aliphatic carbocycles. The van der Waals surface area contributed by atoms with Gasteiger partial charge in [0.05, 0.1) is 5.75 Å². The molecule has 4 rings (SSSR count). The van der Waals surface area contributed by atoms with Crippen molar-refractivity contribution in [2.45, 2.75) is 43.2 Å². The Morgan fingerprint density at radius 1 is 1.19 bits per heavy atom. The van der Waals surface area contributed by atoms with E-state index in [2.05, 4.69) is 20.3 Å². The van der Waals surface area contributed by atoms with E-state index in [-0.39, 0.29) is 11.5 Å². The Bertz CT molecular complexity index is 947. The molecule has 9 heteroatoms. The topological polar surface area (TPSA) is 88.1 Å². The second-order valence-electron chi connectivity index (χ2n) is 7.32. The third-order valence-corrected chi connectivity index (χ3v) is 5.12. The molecule has 1 unspecified atom stereocenters. The van der Waals surface area contributed by atoms with Crippen molar-refractivity contribution in [2.24, 2.45) is 7.05 Å². The number of nitrogens with zero attached hydrogens (tertiary/aromatic N) is 5. The fourth-order valence-corrected chi connectivity index (χ4v) is 3.39. The van der Waals surface area contributed by atoms with E-state index in [0.717, 1.165) is 16.7 Å². The van der Waals surface area contributed by atoms with Crippen LogP contribution in [0.15, 0.2) is 33.9 Å². The maximum absolute atomic E-state index is 6.02. The number of hydrogen-bond donors (Lipinski definition) is 0. The minimum Gasteiger partial charge on any atom is -0.485 e. The largest absolute Gasteiger partial charge is 0.485 e. The summed E-state index contributed by atoms with van der Waals surface area (Å²) in [7, 11) is 1.92. The second-order valence-corrected chi connectivity index (χ2v) is 8.26. The van der Waals surface area contributed by atoms with E-state index in [1.165, 1.54) is 11.8 Å². The zero-order valence-electron chi connectivity index (χ0n) is 15.7. The summed E-state index contributed by atoms with van der Waals surface area (Å²) >= 11 is 1.50. The van der Waals surface area contributed by atoms with Crippen molar-refractivity contribution in [1.82, 2.24) is 24.9 Å². The summed E-state index contributed by atoms with van der Waals surface area (Å²) in [6, 6.07) is 7.61. The van der Waals surface area contributed by atoms with Gasteiger partial charge < -0.3 is 18.6 Å². The van der Waals surface area contributed by atoms with Gasteiger partial charge >= 0.3 is 0 Å². The molecule has 2 aromatic heterocycles. The Hall–Kier alpha value is -2.55. The van der Waals surface area contributed by atoms with E-state index in [4.69, 9.17) is 14.0 Å². The Morgan fingerprint density at radius 2 is 1.96 bits per heavy atom. The predicted molar refractivity (Wildman–Crippen MR) is 98.9 cm³/mol. The van der Waals surface area contributed by atoms with Crippen molar-refractivity contribution in [1.29, 1.82) is 0 Å². The molecule has 27 heavy (non-hydrogen) atoms. The van der Waals surface area contributed by atoms with E-state index >= 15 is 0 Å². The van der Waals surface area contributed by atoms with Crippen LogP contribution < -0.4 is 9.47 Å². The summed E-state index contributed by atoms with van der Waals surface area (Å²) in [5, 5.41) is 13.4. The van der Waals surface area contributed by atoms with Crippen LogP contribution in [0.25, 0.3) is 0 Å². The monoisotopic (exact) mass is 387 g/mol. The van der Waals surface area contributed by atoms with E-state index < -0.39 is 0 Å². The van der Waals surface area contributed by atoms with Crippen LogP contribution in [-0.4, -0.2) is 31.5 Å². The molecule has 1 aliphatic heterocycles. The maximum atomic E-state index is 6.02. The average Bonchev–Trinajstić information content (AvgIpc) is 3.26. The summed E-state index contributed by atoms with van der Waals surface area (Å²) in [6.07, 6.45) is -0.301. The number of hydrogen-bond acceptors (Lipinski definition) is 8. The molecule has 0 saturated carbocycles. The van der Waals surface area contributed by atoms with Crippen LogP contribution >= 0.6 is 11.8 Å². The lowest BCUT2D eigenvalue weighted by Gasteiger charge is -2.25. The molecule has 8 nitrogen and oxygen atoms in total. The third kappa shape index (κ3) is 3.64. The van der Waals surface area contributed by atoms with Gasteiger partial charge in [0.25, 0.3) is 0 Å². The van der Waals surface area contributed by atoms with Gasteiger partial charge in [-0.05, 0) is 12.1 Å². The van der Waals surface area contributed by atoms with E-state index in [1.54, 1.807) is 0 Å². The van der Waals surface area contributed by atoms with Crippen molar-refractivity contribution in [2.75, 3.05) is 6.61 Å². The minimum absolute atomic E-state index is 0.164. The first-order chi connectivity index (χ1) is 12.9. The molecule has 0 amide bonds. The molecule has 3 aromatic rings.